The number of aryl methyl sites for hydroxylation is 1. The van der Waals surface area contributed by atoms with Gasteiger partial charge < -0.3 is 15.4 Å². The van der Waals surface area contributed by atoms with Gasteiger partial charge in [-0.2, -0.15) is 11.8 Å². The molecule has 0 unspecified atom stereocenters. The fourth-order valence-electron chi connectivity index (χ4n) is 3.47. The number of hydrogen-bond donors (Lipinski definition) is 2. The molecule has 3 rings (SSSR count). The summed E-state index contributed by atoms with van der Waals surface area (Å²) in [6.45, 7) is 2.62. The Morgan fingerprint density at radius 1 is 1.12 bits per heavy atom. The summed E-state index contributed by atoms with van der Waals surface area (Å²) in [5.74, 6) is 0.00327. The zero-order valence-corrected chi connectivity index (χ0v) is 19.9. The van der Waals surface area contributed by atoms with Gasteiger partial charge in [-0.1, -0.05) is 36.4 Å². The van der Waals surface area contributed by atoms with Crippen molar-refractivity contribution in [2.24, 2.45) is 0 Å². The van der Waals surface area contributed by atoms with Crippen molar-refractivity contribution in [3.8, 4) is 11.1 Å². The lowest BCUT2D eigenvalue weighted by molar-refractivity contribution is -0.142. The minimum Gasteiger partial charge on any atom is -0.467 e. The zero-order chi connectivity index (χ0) is 23.6. The van der Waals surface area contributed by atoms with Gasteiger partial charge in [0, 0.05) is 18.3 Å². The predicted octanol–water partition coefficient (Wildman–Crippen LogP) is 4.69. The van der Waals surface area contributed by atoms with Gasteiger partial charge in [0.05, 0.1) is 19.0 Å². The second-order valence-corrected chi connectivity index (χ2v) is 8.61. The summed E-state index contributed by atoms with van der Waals surface area (Å²) in [4.78, 5) is 29.6. The van der Waals surface area contributed by atoms with Crippen molar-refractivity contribution in [1.82, 2.24) is 10.3 Å². The second-order valence-electron chi connectivity index (χ2n) is 7.62. The first-order chi connectivity index (χ1) is 16.0. The van der Waals surface area contributed by atoms with Gasteiger partial charge in [0.25, 0.3) is 5.91 Å². The molecule has 1 atom stereocenters. The Labute approximate surface area is 199 Å². The van der Waals surface area contributed by atoms with E-state index in [9.17, 15) is 9.59 Å². The Kier molecular flexibility index (Phi) is 8.89. The molecule has 33 heavy (non-hydrogen) atoms. The maximum atomic E-state index is 13.2. The van der Waals surface area contributed by atoms with Gasteiger partial charge in [-0.05, 0) is 65.8 Å². The summed E-state index contributed by atoms with van der Waals surface area (Å²) < 4.78 is 4.89. The van der Waals surface area contributed by atoms with Gasteiger partial charge in [-0.15, -0.1) is 0 Å². The van der Waals surface area contributed by atoms with Crippen LogP contribution in [0.5, 0.6) is 0 Å². The zero-order valence-electron chi connectivity index (χ0n) is 19.1. The molecule has 0 saturated carbocycles. The van der Waals surface area contributed by atoms with Gasteiger partial charge in [-0.25, -0.2) is 4.79 Å². The normalized spacial score (nSPS) is 11.5. The van der Waals surface area contributed by atoms with E-state index in [0.29, 0.717) is 18.5 Å². The van der Waals surface area contributed by atoms with Gasteiger partial charge in [-0.3, -0.25) is 9.78 Å². The van der Waals surface area contributed by atoms with Crippen LogP contribution in [0.3, 0.4) is 0 Å². The number of carbonyl (C=O) groups is 2. The molecule has 7 heteroatoms. The van der Waals surface area contributed by atoms with Crippen molar-refractivity contribution in [2.45, 2.75) is 25.9 Å². The minimum absolute atomic E-state index is 0.298. The highest BCUT2D eigenvalue weighted by Crippen LogP contribution is 2.26. The van der Waals surface area contributed by atoms with Crippen molar-refractivity contribution in [3.05, 3.63) is 83.7 Å². The van der Waals surface area contributed by atoms with E-state index >= 15 is 0 Å². The quantitative estimate of drug-likeness (QED) is 0.425. The van der Waals surface area contributed by atoms with Crippen molar-refractivity contribution in [3.63, 3.8) is 0 Å². The third kappa shape index (κ3) is 6.58. The smallest absolute Gasteiger partial charge is 0.328 e. The molecule has 172 valence electrons. The first-order valence-corrected chi connectivity index (χ1v) is 12.1. The summed E-state index contributed by atoms with van der Waals surface area (Å²) in [6, 6.07) is 16.8. The van der Waals surface area contributed by atoms with Crippen LogP contribution in [-0.4, -0.2) is 42.0 Å². The third-order valence-electron chi connectivity index (χ3n) is 5.34. The molecule has 0 fully saturated rings. The largest absolute Gasteiger partial charge is 0.467 e. The molecule has 1 aromatic heterocycles. The molecule has 0 aliphatic heterocycles. The third-order valence-corrected chi connectivity index (χ3v) is 5.98. The molecule has 1 amide bonds. The standard InChI is InChI=1S/C26H29N3O3S/c1-18-11-13-27-17-24(18)28-16-19-9-10-21(22(15-19)20-7-5-4-6-8-20)25(30)29-23(12-14-33-3)26(31)32-2/h4-11,13,15,17,23,28H,12,14,16H2,1-3H3,(H,29,30)/t23-/m0/s1. The van der Waals surface area contributed by atoms with Crippen molar-refractivity contribution in [1.29, 1.82) is 0 Å². The van der Waals surface area contributed by atoms with E-state index in [4.69, 9.17) is 4.74 Å². The predicted molar refractivity (Wildman–Crippen MR) is 134 cm³/mol. The number of nitrogens with one attached hydrogen (secondary N) is 2. The maximum Gasteiger partial charge on any atom is 0.328 e. The summed E-state index contributed by atoms with van der Waals surface area (Å²) in [5, 5.41) is 6.27. The van der Waals surface area contributed by atoms with Gasteiger partial charge in [0.15, 0.2) is 0 Å². The first kappa shape index (κ1) is 24.3. The number of thioether (sulfide) groups is 1. The van der Waals surface area contributed by atoms with E-state index in [1.165, 1.54) is 7.11 Å². The van der Waals surface area contributed by atoms with Crippen LogP contribution in [0.1, 0.15) is 27.9 Å². The van der Waals surface area contributed by atoms with Crippen molar-refractivity contribution < 1.29 is 14.3 Å². The number of esters is 1. The molecule has 3 aromatic rings. The average molecular weight is 464 g/mol. The monoisotopic (exact) mass is 463 g/mol. The lowest BCUT2D eigenvalue weighted by Crippen LogP contribution is -2.42. The number of nitrogens with zero attached hydrogens (tertiary/aromatic N) is 1. The summed E-state index contributed by atoms with van der Waals surface area (Å²) >= 11 is 1.62. The number of ether oxygens (including phenoxy) is 1. The summed E-state index contributed by atoms with van der Waals surface area (Å²) in [7, 11) is 1.34. The van der Waals surface area contributed by atoms with E-state index < -0.39 is 12.0 Å². The highest BCUT2D eigenvalue weighted by atomic mass is 32.2. The molecule has 0 saturated heterocycles. The number of amides is 1. The second kappa shape index (κ2) is 12.1. The van der Waals surface area contributed by atoms with Crippen LogP contribution >= 0.6 is 11.8 Å². The topological polar surface area (TPSA) is 80.3 Å². The Hall–Kier alpha value is -3.32. The molecule has 2 aromatic carbocycles. The number of benzene rings is 2. The van der Waals surface area contributed by atoms with Crippen LogP contribution in [-0.2, 0) is 16.1 Å². The molecule has 0 aliphatic rings. The molecule has 6 nitrogen and oxygen atoms in total. The van der Waals surface area contributed by atoms with Gasteiger partial charge in [0.2, 0.25) is 0 Å². The first-order valence-electron chi connectivity index (χ1n) is 10.7. The fourth-order valence-corrected chi connectivity index (χ4v) is 3.94. The van der Waals surface area contributed by atoms with Gasteiger partial charge in [0.1, 0.15) is 6.04 Å². The van der Waals surface area contributed by atoms with Crippen LogP contribution in [0.25, 0.3) is 11.1 Å². The molecule has 0 radical (unpaired) electrons. The van der Waals surface area contributed by atoms with E-state index in [1.807, 2.05) is 67.8 Å². The number of anilines is 1. The van der Waals surface area contributed by atoms with Crippen molar-refractivity contribution in [2.75, 3.05) is 24.4 Å². The van der Waals surface area contributed by atoms with Crippen molar-refractivity contribution >= 4 is 29.3 Å². The highest BCUT2D eigenvalue weighted by molar-refractivity contribution is 7.98. The summed E-state index contributed by atoms with van der Waals surface area (Å²) in [5.41, 5.74) is 5.37. The van der Waals surface area contributed by atoms with Crippen LogP contribution in [0, 0.1) is 6.92 Å². The molecular weight excluding hydrogens is 434 g/mol. The molecule has 2 N–H and O–H groups in total. The Bertz CT molecular complexity index is 1090. The number of methoxy groups -OCH3 is 1. The van der Waals surface area contributed by atoms with E-state index in [1.54, 1.807) is 24.2 Å². The van der Waals surface area contributed by atoms with Crippen LogP contribution in [0.4, 0.5) is 5.69 Å². The molecular formula is C26H29N3O3S. The molecule has 0 bridgehead atoms. The fraction of sp³-hybridized carbons (Fsp3) is 0.269. The summed E-state index contributed by atoms with van der Waals surface area (Å²) in [6.07, 6.45) is 6.04. The number of carbonyl (C=O) groups excluding carboxylic acids is 2. The Morgan fingerprint density at radius 3 is 2.61 bits per heavy atom. The van der Waals surface area contributed by atoms with E-state index in [0.717, 1.165) is 33.7 Å². The van der Waals surface area contributed by atoms with Crippen LogP contribution in [0.15, 0.2) is 67.0 Å². The van der Waals surface area contributed by atoms with E-state index in [-0.39, 0.29) is 5.91 Å². The average Bonchev–Trinajstić information content (AvgIpc) is 2.85. The van der Waals surface area contributed by atoms with E-state index in [2.05, 4.69) is 15.6 Å². The SMILES string of the molecule is COC(=O)[C@H](CCSC)NC(=O)c1ccc(CNc2cnccc2C)cc1-c1ccccc1. The molecule has 1 heterocycles. The highest BCUT2D eigenvalue weighted by Gasteiger charge is 2.23. The number of hydrogen-bond acceptors (Lipinski definition) is 6. The Morgan fingerprint density at radius 2 is 1.91 bits per heavy atom. The lowest BCUT2D eigenvalue weighted by Gasteiger charge is -2.18. The maximum absolute atomic E-state index is 13.2. The minimum atomic E-state index is -0.687. The molecule has 0 spiro atoms. The lowest BCUT2D eigenvalue weighted by atomic mass is 9.96. The van der Waals surface area contributed by atoms with Crippen LogP contribution in [0.2, 0.25) is 0 Å². The Balaban J connectivity index is 1.88. The number of pyridine rings is 1. The number of rotatable bonds is 10. The molecule has 0 aliphatic carbocycles. The van der Waals surface area contributed by atoms with Crippen LogP contribution < -0.4 is 10.6 Å². The van der Waals surface area contributed by atoms with Gasteiger partial charge >= 0.3 is 5.97 Å². The number of aromatic nitrogens is 1.